The van der Waals surface area contributed by atoms with Crippen LogP contribution >= 0.6 is 11.6 Å². The molecular formula is C17H15ClN4O. The predicted molar refractivity (Wildman–Crippen MR) is 93.7 cm³/mol. The number of fused-ring (bicyclic) bond motifs is 1. The average molecular weight is 327 g/mol. The molecule has 0 aliphatic rings. The van der Waals surface area contributed by atoms with E-state index < -0.39 is 0 Å². The fourth-order valence-electron chi connectivity index (χ4n) is 2.09. The lowest BCUT2D eigenvalue weighted by Gasteiger charge is -2.01. The number of oxazole rings is 1. The zero-order valence-electron chi connectivity index (χ0n) is 12.5. The first kappa shape index (κ1) is 15.1. The number of H-pyrrole nitrogens is 1. The van der Waals surface area contributed by atoms with Crippen LogP contribution in [0.2, 0.25) is 0 Å². The van der Waals surface area contributed by atoms with Crippen molar-refractivity contribution in [1.29, 1.82) is 0 Å². The molecule has 23 heavy (non-hydrogen) atoms. The van der Waals surface area contributed by atoms with E-state index in [1.54, 1.807) is 18.5 Å². The molecule has 2 heterocycles. The molecule has 0 fully saturated rings. The Balaban J connectivity index is 1.83. The minimum Gasteiger partial charge on any atom is -0.423 e. The normalized spacial score (nSPS) is 12.7. The fraction of sp³-hybridized carbons (Fsp3) is 0.0588. The van der Waals surface area contributed by atoms with Crippen molar-refractivity contribution >= 4 is 39.8 Å². The molecule has 0 saturated carbocycles. The molecule has 0 spiro atoms. The van der Waals surface area contributed by atoms with Crippen LogP contribution in [0, 0.1) is 0 Å². The molecule has 0 amide bonds. The Morgan fingerprint density at radius 2 is 2.26 bits per heavy atom. The number of hydrogen-bond donors (Lipinski definition) is 2. The number of aromatic nitrogens is 3. The molecule has 116 valence electrons. The molecule has 0 aliphatic carbocycles. The SMILES string of the molecule is C\C=C/C=C(\C=C\Cl)c1cnc(Nc2ccc3cn[nH]c3c2)o1. The Kier molecular flexibility index (Phi) is 4.59. The molecule has 1 aromatic carbocycles. The van der Waals surface area contributed by atoms with E-state index in [1.165, 1.54) is 5.54 Å². The van der Waals surface area contributed by atoms with Gasteiger partial charge in [0, 0.05) is 22.2 Å². The number of rotatable bonds is 5. The van der Waals surface area contributed by atoms with E-state index in [-0.39, 0.29) is 0 Å². The van der Waals surface area contributed by atoms with Gasteiger partial charge in [0.05, 0.1) is 17.9 Å². The number of halogens is 1. The minimum absolute atomic E-state index is 0.410. The molecule has 2 aromatic heterocycles. The Labute approximate surface area is 138 Å². The van der Waals surface area contributed by atoms with Crippen LogP contribution in [-0.4, -0.2) is 15.2 Å². The van der Waals surface area contributed by atoms with E-state index >= 15 is 0 Å². The number of allylic oxidation sites excluding steroid dienone is 5. The van der Waals surface area contributed by atoms with Gasteiger partial charge in [0.25, 0.3) is 6.01 Å². The Morgan fingerprint density at radius 3 is 3.09 bits per heavy atom. The van der Waals surface area contributed by atoms with Crippen LogP contribution in [0.3, 0.4) is 0 Å². The van der Waals surface area contributed by atoms with Crippen LogP contribution in [0.15, 0.2) is 64.8 Å². The summed E-state index contributed by atoms with van der Waals surface area (Å²) in [5, 5.41) is 11.1. The molecule has 0 saturated heterocycles. The van der Waals surface area contributed by atoms with E-state index in [2.05, 4.69) is 20.5 Å². The number of nitrogens with zero attached hydrogens (tertiary/aromatic N) is 2. The molecule has 2 N–H and O–H groups in total. The summed E-state index contributed by atoms with van der Waals surface area (Å²) < 4.78 is 5.73. The molecule has 0 atom stereocenters. The second-order valence-corrected chi connectivity index (χ2v) is 5.02. The first-order chi connectivity index (χ1) is 11.3. The molecular weight excluding hydrogens is 312 g/mol. The van der Waals surface area contributed by atoms with Crippen LogP contribution < -0.4 is 5.32 Å². The lowest BCUT2D eigenvalue weighted by atomic mass is 10.2. The van der Waals surface area contributed by atoms with Gasteiger partial charge in [-0.15, -0.1) is 0 Å². The van der Waals surface area contributed by atoms with Gasteiger partial charge in [0.2, 0.25) is 0 Å². The lowest BCUT2D eigenvalue weighted by Crippen LogP contribution is -1.89. The van der Waals surface area contributed by atoms with E-state index in [1.807, 2.05) is 43.4 Å². The summed E-state index contributed by atoms with van der Waals surface area (Å²) in [6.45, 7) is 1.94. The van der Waals surface area contributed by atoms with Crippen molar-refractivity contribution in [3.8, 4) is 0 Å². The van der Waals surface area contributed by atoms with Crippen molar-refractivity contribution in [2.45, 2.75) is 6.92 Å². The Hall–Kier alpha value is -2.79. The van der Waals surface area contributed by atoms with Gasteiger partial charge in [-0.25, -0.2) is 4.98 Å². The zero-order chi connectivity index (χ0) is 16.1. The van der Waals surface area contributed by atoms with Gasteiger partial charge in [-0.1, -0.05) is 29.8 Å². The maximum atomic E-state index is 5.73. The zero-order valence-corrected chi connectivity index (χ0v) is 13.2. The van der Waals surface area contributed by atoms with Crippen molar-refractivity contribution in [2.24, 2.45) is 0 Å². The number of hydrogen-bond acceptors (Lipinski definition) is 4. The number of benzene rings is 1. The summed E-state index contributed by atoms with van der Waals surface area (Å²) in [6, 6.07) is 6.27. The molecule has 3 aromatic rings. The van der Waals surface area contributed by atoms with E-state index in [0.29, 0.717) is 11.8 Å². The van der Waals surface area contributed by atoms with Crippen molar-refractivity contribution in [3.05, 3.63) is 66.2 Å². The average Bonchev–Trinajstić information content (AvgIpc) is 3.20. The summed E-state index contributed by atoms with van der Waals surface area (Å²) in [6.07, 6.45) is 10.9. The molecule has 0 aliphatic heterocycles. The maximum absolute atomic E-state index is 5.73. The molecule has 0 radical (unpaired) electrons. The van der Waals surface area contributed by atoms with Crippen LogP contribution in [0.25, 0.3) is 16.5 Å². The number of nitrogens with one attached hydrogen (secondary N) is 2. The predicted octanol–water partition coefficient (Wildman–Crippen LogP) is 5.01. The van der Waals surface area contributed by atoms with Gasteiger partial charge in [-0.2, -0.15) is 5.10 Å². The smallest absolute Gasteiger partial charge is 0.299 e. The molecule has 6 heteroatoms. The van der Waals surface area contributed by atoms with Gasteiger partial charge in [-0.3, -0.25) is 5.10 Å². The molecule has 0 bridgehead atoms. The van der Waals surface area contributed by atoms with Crippen LogP contribution in [-0.2, 0) is 0 Å². The number of aromatic amines is 1. The third kappa shape index (κ3) is 3.52. The first-order valence-electron chi connectivity index (χ1n) is 7.06. The standard InChI is InChI=1S/C17H15ClN4O/c1-2-3-4-12(7-8-18)16-11-19-17(23-16)21-14-6-5-13-10-20-22-15(13)9-14/h2-11H,1H3,(H,19,21)(H,20,22)/b3-2-,8-7+,12-4+. The summed E-state index contributed by atoms with van der Waals surface area (Å²) in [7, 11) is 0. The van der Waals surface area contributed by atoms with Gasteiger partial charge in [0.15, 0.2) is 5.76 Å². The van der Waals surface area contributed by atoms with Gasteiger partial charge in [-0.05, 0) is 31.2 Å². The van der Waals surface area contributed by atoms with E-state index in [4.69, 9.17) is 16.0 Å². The highest BCUT2D eigenvalue weighted by Crippen LogP contribution is 2.24. The van der Waals surface area contributed by atoms with E-state index in [9.17, 15) is 0 Å². The summed E-state index contributed by atoms with van der Waals surface area (Å²) in [4.78, 5) is 4.24. The highest BCUT2D eigenvalue weighted by atomic mass is 35.5. The highest BCUT2D eigenvalue weighted by molar-refractivity contribution is 6.26. The topological polar surface area (TPSA) is 66.7 Å². The van der Waals surface area contributed by atoms with Gasteiger partial charge in [0.1, 0.15) is 0 Å². The fourth-order valence-corrected chi connectivity index (χ4v) is 2.23. The maximum Gasteiger partial charge on any atom is 0.299 e. The van der Waals surface area contributed by atoms with Crippen LogP contribution in [0.1, 0.15) is 12.7 Å². The second kappa shape index (κ2) is 6.98. The Bertz CT molecular complexity index is 889. The van der Waals surface area contributed by atoms with Crippen LogP contribution in [0.5, 0.6) is 0 Å². The van der Waals surface area contributed by atoms with Crippen molar-refractivity contribution in [3.63, 3.8) is 0 Å². The highest BCUT2D eigenvalue weighted by Gasteiger charge is 2.07. The molecule has 3 rings (SSSR count). The summed E-state index contributed by atoms with van der Waals surface area (Å²) in [5.41, 5.74) is 4.09. The second-order valence-electron chi connectivity index (χ2n) is 4.77. The number of anilines is 2. The van der Waals surface area contributed by atoms with Crippen molar-refractivity contribution in [2.75, 3.05) is 5.32 Å². The van der Waals surface area contributed by atoms with Crippen molar-refractivity contribution in [1.82, 2.24) is 15.2 Å². The summed E-state index contributed by atoms with van der Waals surface area (Å²) >= 11 is 5.67. The quantitative estimate of drug-likeness (QED) is 0.647. The minimum atomic E-state index is 0.410. The molecule has 5 nitrogen and oxygen atoms in total. The monoisotopic (exact) mass is 326 g/mol. The third-order valence-corrected chi connectivity index (χ3v) is 3.32. The van der Waals surface area contributed by atoms with Crippen molar-refractivity contribution < 1.29 is 4.42 Å². The van der Waals surface area contributed by atoms with Gasteiger partial charge >= 0.3 is 0 Å². The molecule has 0 unspecified atom stereocenters. The summed E-state index contributed by atoms with van der Waals surface area (Å²) in [5.74, 6) is 0.630. The van der Waals surface area contributed by atoms with E-state index in [0.717, 1.165) is 22.2 Å². The largest absolute Gasteiger partial charge is 0.423 e. The van der Waals surface area contributed by atoms with Crippen LogP contribution in [0.4, 0.5) is 11.7 Å². The Morgan fingerprint density at radius 1 is 1.35 bits per heavy atom. The first-order valence-corrected chi connectivity index (χ1v) is 7.50. The van der Waals surface area contributed by atoms with Gasteiger partial charge < -0.3 is 9.73 Å². The third-order valence-electron chi connectivity index (χ3n) is 3.19. The lowest BCUT2D eigenvalue weighted by molar-refractivity contribution is 0.565.